The van der Waals surface area contributed by atoms with Crippen molar-refractivity contribution < 1.29 is 8.42 Å². The number of rotatable bonds is 3. The molecule has 2 heterocycles. The normalized spacial score (nSPS) is 28.3. The maximum Gasteiger partial charge on any atom is 0.240 e. The van der Waals surface area contributed by atoms with E-state index in [0.29, 0.717) is 22.1 Å². The number of sulfonamides is 1. The highest BCUT2D eigenvalue weighted by atomic mass is 79.9. The monoisotopic (exact) mass is 369 g/mol. The summed E-state index contributed by atoms with van der Waals surface area (Å²) < 4.78 is 28.4. The highest BCUT2D eigenvalue weighted by Gasteiger charge is 2.35. The summed E-state index contributed by atoms with van der Waals surface area (Å²) in [4.78, 5) is 0.138. The van der Waals surface area contributed by atoms with E-state index in [1.165, 1.54) is 12.1 Å². The lowest BCUT2D eigenvalue weighted by Crippen LogP contribution is -2.47. The van der Waals surface area contributed by atoms with E-state index in [-0.39, 0.29) is 10.9 Å². The van der Waals surface area contributed by atoms with Crippen LogP contribution in [-0.2, 0) is 10.0 Å². The van der Waals surface area contributed by atoms with Crippen LogP contribution in [0, 0.1) is 11.3 Å². The zero-order chi connectivity index (χ0) is 15.0. The number of hydrogen-bond donors (Lipinski definition) is 2. The number of nitriles is 1. The van der Waals surface area contributed by atoms with Gasteiger partial charge in [-0.1, -0.05) is 15.9 Å². The molecule has 0 spiro atoms. The van der Waals surface area contributed by atoms with Crippen LogP contribution < -0.4 is 10.0 Å². The Morgan fingerprint density at radius 1 is 1.24 bits per heavy atom. The maximum absolute atomic E-state index is 12.5. The van der Waals surface area contributed by atoms with E-state index in [0.717, 1.165) is 25.7 Å². The molecule has 3 rings (SSSR count). The minimum Gasteiger partial charge on any atom is -0.311 e. The third kappa shape index (κ3) is 3.29. The van der Waals surface area contributed by atoms with Crippen LogP contribution in [0.2, 0.25) is 0 Å². The summed E-state index contributed by atoms with van der Waals surface area (Å²) in [6, 6.07) is 7.33. The fraction of sp³-hybridized carbons (Fsp3) is 0.500. The molecule has 2 aliphatic heterocycles. The number of halogens is 1. The first-order valence-electron chi connectivity index (χ1n) is 6.95. The predicted molar refractivity (Wildman–Crippen MR) is 82.1 cm³/mol. The van der Waals surface area contributed by atoms with Gasteiger partial charge in [0, 0.05) is 22.6 Å². The van der Waals surface area contributed by atoms with Crippen LogP contribution in [0.4, 0.5) is 0 Å². The standard InChI is InChI=1S/C14H16BrN3O2S/c15-10-3-9(8-16)4-14(5-10)21(19,20)18-13-6-11-1-2-12(7-13)17-11/h3-5,11-13,17-18H,1-2,6-7H2. The molecule has 0 radical (unpaired) electrons. The molecule has 2 N–H and O–H groups in total. The highest BCUT2D eigenvalue weighted by Crippen LogP contribution is 2.28. The average Bonchev–Trinajstić information content (AvgIpc) is 2.77. The van der Waals surface area contributed by atoms with Gasteiger partial charge >= 0.3 is 0 Å². The van der Waals surface area contributed by atoms with Gasteiger partial charge in [-0.2, -0.15) is 5.26 Å². The van der Waals surface area contributed by atoms with Gasteiger partial charge in [-0.3, -0.25) is 0 Å². The summed E-state index contributed by atoms with van der Waals surface area (Å²) in [5.41, 5.74) is 0.329. The van der Waals surface area contributed by atoms with Gasteiger partial charge in [-0.05, 0) is 43.9 Å². The van der Waals surface area contributed by atoms with Crippen molar-refractivity contribution >= 4 is 26.0 Å². The summed E-state index contributed by atoms with van der Waals surface area (Å²) in [7, 11) is -3.59. The minimum absolute atomic E-state index is 0.0294. The SMILES string of the molecule is N#Cc1cc(Br)cc(S(=O)(=O)NC2CC3CCC(C2)N3)c1. The van der Waals surface area contributed by atoms with Crippen LogP contribution >= 0.6 is 15.9 Å². The van der Waals surface area contributed by atoms with Crippen LogP contribution in [0.25, 0.3) is 0 Å². The Labute approximate surface area is 132 Å². The van der Waals surface area contributed by atoms with Gasteiger partial charge in [-0.15, -0.1) is 0 Å². The van der Waals surface area contributed by atoms with Crippen molar-refractivity contribution in [1.82, 2.24) is 10.0 Å². The third-order valence-corrected chi connectivity index (χ3v) is 6.06. The van der Waals surface area contributed by atoms with Crippen molar-refractivity contribution in [3.8, 4) is 6.07 Å². The Hall–Kier alpha value is -0.940. The van der Waals surface area contributed by atoms with Crippen LogP contribution in [0.5, 0.6) is 0 Å². The van der Waals surface area contributed by atoms with Crippen molar-refractivity contribution in [2.45, 2.75) is 48.7 Å². The topological polar surface area (TPSA) is 82.0 Å². The maximum atomic E-state index is 12.5. The Morgan fingerprint density at radius 3 is 2.52 bits per heavy atom. The first-order chi connectivity index (χ1) is 9.96. The highest BCUT2D eigenvalue weighted by molar-refractivity contribution is 9.10. The number of nitrogens with one attached hydrogen (secondary N) is 2. The van der Waals surface area contributed by atoms with E-state index >= 15 is 0 Å². The molecule has 2 bridgehead atoms. The average molecular weight is 370 g/mol. The molecule has 21 heavy (non-hydrogen) atoms. The summed E-state index contributed by atoms with van der Waals surface area (Å²) in [6.07, 6.45) is 3.90. The second-order valence-corrected chi connectivity index (χ2v) is 8.34. The zero-order valence-electron chi connectivity index (χ0n) is 11.3. The molecule has 1 aromatic carbocycles. The summed E-state index contributed by atoms with van der Waals surface area (Å²) in [6.45, 7) is 0. The molecule has 2 atom stereocenters. The molecular formula is C14H16BrN3O2S. The van der Waals surface area contributed by atoms with E-state index in [2.05, 4.69) is 26.0 Å². The minimum atomic E-state index is -3.59. The molecule has 0 saturated carbocycles. The molecule has 2 aliphatic rings. The smallest absolute Gasteiger partial charge is 0.240 e. The summed E-state index contributed by atoms with van der Waals surface area (Å²) >= 11 is 3.25. The fourth-order valence-corrected chi connectivity index (χ4v) is 5.20. The van der Waals surface area contributed by atoms with E-state index < -0.39 is 10.0 Å². The lowest BCUT2D eigenvalue weighted by Gasteiger charge is -2.29. The second-order valence-electron chi connectivity index (χ2n) is 5.71. The molecule has 2 saturated heterocycles. The number of hydrogen-bond acceptors (Lipinski definition) is 4. The van der Waals surface area contributed by atoms with Crippen molar-refractivity contribution in [2.75, 3.05) is 0 Å². The molecule has 2 fully saturated rings. The predicted octanol–water partition coefficient (Wildman–Crippen LogP) is 1.88. The molecule has 2 unspecified atom stereocenters. The van der Waals surface area contributed by atoms with E-state index in [1.807, 2.05) is 6.07 Å². The van der Waals surface area contributed by atoms with Gasteiger partial charge in [0.15, 0.2) is 0 Å². The second kappa shape index (κ2) is 5.69. The quantitative estimate of drug-likeness (QED) is 0.851. The number of fused-ring (bicyclic) bond motifs is 2. The van der Waals surface area contributed by atoms with Crippen molar-refractivity contribution in [2.24, 2.45) is 0 Å². The summed E-state index contributed by atoms with van der Waals surface area (Å²) in [5, 5.41) is 12.4. The van der Waals surface area contributed by atoms with Crippen LogP contribution in [0.15, 0.2) is 27.6 Å². The van der Waals surface area contributed by atoms with Gasteiger partial charge in [0.25, 0.3) is 0 Å². The fourth-order valence-electron chi connectivity index (χ4n) is 3.22. The lowest BCUT2D eigenvalue weighted by atomic mass is 10.0. The van der Waals surface area contributed by atoms with E-state index in [9.17, 15) is 8.42 Å². The molecule has 0 aromatic heterocycles. The Bertz CT molecular complexity index is 687. The Kier molecular flexibility index (Phi) is 4.06. The van der Waals surface area contributed by atoms with Crippen LogP contribution in [0.3, 0.4) is 0 Å². The molecule has 0 amide bonds. The van der Waals surface area contributed by atoms with Crippen molar-refractivity contribution in [3.63, 3.8) is 0 Å². The van der Waals surface area contributed by atoms with Crippen LogP contribution in [0.1, 0.15) is 31.2 Å². The summed E-state index contributed by atoms with van der Waals surface area (Å²) in [5.74, 6) is 0. The Balaban J connectivity index is 1.81. The number of benzene rings is 1. The lowest BCUT2D eigenvalue weighted by molar-refractivity contribution is 0.345. The van der Waals surface area contributed by atoms with Gasteiger partial charge in [0.05, 0.1) is 16.5 Å². The molecule has 7 heteroatoms. The van der Waals surface area contributed by atoms with E-state index in [1.54, 1.807) is 6.07 Å². The molecular weight excluding hydrogens is 354 g/mol. The van der Waals surface area contributed by atoms with Gasteiger partial charge in [-0.25, -0.2) is 13.1 Å². The first-order valence-corrected chi connectivity index (χ1v) is 9.23. The zero-order valence-corrected chi connectivity index (χ0v) is 13.7. The van der Waals surface area contributed by atoms with Gasteiger partial charge < -0.3 is 5.32 Å². The molecule has 5 nitrogen and oxygen atoms in total. The third-order valence-electron chi connectivity index (χ3n) is 4.11. The molecule has 112 valence electrons. The molecule has 0 aliphatic carbocycles. The van der Waals surface area contributed by atoms with Crippen molar-refractivity contribution in [1.29, 1.82) is 5.26 Å². The largest absolute Gasteiger partial charge is 0.311 e. The number of piperidine rings is 1. The molecule has 1 aromatic rings. The van der Waals surface area contributed by atoms with Crippen molar-refractivity contribution in [3.05, 3.63) is 28.2 Å². The van der Waals surface area contributed by atoms with Gasteiger partial charge in [0.1, 0.15) is 0 Å². The first kappa shape index (κ1) is 15.0. The van der Waals surface area contributed by atoms with E-state index in [4.69, 9.17) is 5.26 Å². The number of nitrogens with zero attached hydrogens (tertiary/aromatic N) is 1. The Morgan fingerprint density at radius 2 is 1.90 bits per heavy atom. The van der Waals surface area contributed by atoms with Gasteiger partial charge in [0.2, 0.25) is 10.0 Å². The van der Waals surface area contributed by atoms with Crippen LogP contribution in [-0.4, -0.2) is 26.5 Å².